The molecule has 82 valence electrons. The van der Waals surface area contributed by atoms with Crippen LogP contribution in [-0.2, 0) is 4.79 Å². The average Bonchev–Trinajstić information content (AvgIpc) is 2.02. The number of aliphatic carboxylic acids is 1. The van der Waals surface area contributed by atoms with Crippen LogP contribution in [0.2, 0.25) is 0 Å². The predicted octanol–water partition coefficient (Wildman–Crippen LogP) is 0.853. The monoisotopic (exact) mass is 202 g/mol. The Kier molecular flexibility index (Phi) is 4.97. The molecule has 0 aromatic carbocycles. The van der Waals surface area contributed by atoms with E-state index in [0.717, 1.165) is 0 Å². The van der Waals surface area contributed by atoms with Gasteiger partial charge in [-0.25, -0.2) is 4.79 Å². The molecule has 0 rings (SSSR count). The van der Waals surface area contributed by atoms with Crippen molar-refractivity contribution in [1.82, 2.24) is 9.80 Å². The molecular weight excluding hydrogens is 184 g/mol. The van der Waals surface area contributed by atoms with Gasteiger partial charge in [0.2, 0.25) is 0 Å². The van der Waals surface area contributed by atoms with Crippen LogP contribution < -0.4 is 0 Å². The zero-order chi connectivity index (χ0) is 11.3. The molecule has 0 saturated heterocycles. The zero-order valence-corrected chi connectivity index (χ0v) is 9.15. The lowest BCUT2D eigenvalue weighted by Gasteiger charge is -2.29. The molecule has 5 heteroatoms. The van der Waals surface area contributed by atoms with E-state index in [1.807, 2.05) is 13.8 Å². The molecule has 0 aliphatic rings. The van der Waals surface area contributed by atoms with E-state index in [1.165, 1.54) is 9.80 Å². The van der Waals surface area contributed by atoms with Gasteiger partial charge in [-0.1, -0.05) is 0 Å². The highest BCUT2D eigenvalue weighted by molar-refractivity contribution is 5.75. The lowest BCUT2D eigenvalue weighted by atomic mass is 10.3. The fourth-order valence-corrected chi connectivity index (χ4v) is 1.05. The molecule has 0 aliphatic heterocycles. The van der Waals surface area contributed by atoms with E-state index in [2.05, 4.69) is 0 Å². The standard InChI is InChI=1S/C9H18N2O3/c1-7(2)11(6-5-8(12)13)9(14)10(3)4/h7H,5-6H2,1-4H3,(H,12,13). The Bertz CT molecular complexity index is 214. The molecule has 0 fully saturated rings. The number of rotatable bonds is 4. The van der Waals surface area contributed by atoms with Gasteiger partial charge in [-0.15, -0.1) is 0 Å². The maximum absolute atomic E-state index is 11.6. The fraction of sp³-hybridized carbons (Fsp3) is 0.778. The molecule has 0 aromatic heterocycles. The molecule has 0 saturated carbocycles. The Morgan fingerprint density at radius 2 is 1.79 bits per heavy atom. The van der Waals surface area contributed by atoms with Gasteiger partial charge >= 0.3 is 12.0 Å². The Hall–Kier alpha value is -1.26. The summed E-state index contributed by atoms with van der Waals surface area (Å²) >= 11 is 0. The lowest BCUT2D eigenvalue weighted by molar-refractivity contribution is -0.137. The van der Waals surface area contributed by atoms with Crippen molar-refractivity contribution in [3.63, 3.8) is 0 Å². The highest BCUT2D eigenvalue weighted by Gasteiger charge is 2.18. The molecular formula is C9H18N2O3. The number of nitrogens with zero attached hydrogens (tertiary/aromatic N) is 2. The van der Waals surface area contributed by atoms with E-state index >= 15 is 0 Å². The second-order valence-corrected chi connectivity index (χ2v) is 3.61. The van der Waals surface area contributed by atoms with Crippen molar-refractivity contribution in [2.75, 3.05) is 20.6 Å². The molecule has 0 heterocycles. The molecule has 0 unspecified atom stereocenters. The second kappa shape index (κ2) is 5.47. The smallest absolute Gasteiger partial charge is 0.319 e. The molecule has 0 atom stereocenters. The molecule has 5 nitrogen and oxygen atoms in total. The van der Waals surface area contributed by atoms with Crippen molar-refractivity contribution in [3.05, 3.63) is 0 Å². The number of amides is 2. The van der Waals surface area contributed by atoms with Gasteiger partial charge in [0.1, 0.15) is 0 Å². The van der Waals surface area contributed by atoms with Gasteiger partial charge in [0, 0.05) is 26.7 Å². The third-order valence-electron chi connectivity index (χ3n) is 1.82. The highest BCUT2D eigenvalue weighted by Crippen LogP contribution is 2.03. The van der Waals surface area contributed by atoms with Gasteiger partial charge in [0.05, 0.1) is 6.42 Å². The minimum Gasteiger partial charge on any atom is -0.481 e. The van der Waals surface area contributed by atoms with Crippen LogP contribution in [-0.4, -0.2) is 53.6 Å². The Labute approximate surface area is 84.3 Å². The SMILES string of the molecule is CC(C)N(CCC(=O)O)C(=O)N(C)C. The number of carboxylic acids is 1. The quantitative estimate of drug-likeness (QED) is 0.735. The Balaban J connectivity index is 4.29. The summed E-state index contributed by atoms with van der Waals surface area (Å²) in [6.45, 7) is 3.98. The number of carboxylic acid groups (broad SMARTS) is 1. The summed E-state index contributed by atoms with van der Waals surface area (Å²) in [6.07, 6.45) is -0.0161. The molecule has 0 radical (unpaired) electrons. The van der Waals surface area contributed by atoms with Gasteiger partial charge < -0.3 is 14.9 Å². The molecule has 2 amide bonds. The van der Waals surface area contributed by atoms with Crippen molar-refractivity contribution in [3.8, 4) is 0 Å². The van der Waals surface area contributed by atoms with E-state index < -0.39 is 5.97 Å². The van der Waals surface area contributed by atoms with Crippen LogP contribution in [0.15, 0.2) is 0 Å². The van der Waals surface area contributed by atoms with E-state index in [-0.39, 0.29) is 25.0 Å². The van der Waals surface area contributed by atoms with Gasteiger partial charge in [0.25, 0.3) is 0 Å². The topological polar surface area (TPSA) is 60.9 Å². The minimum atomic E-state index is -0.887. The van der Waals surface area contributed by atoms with E-state index in [0.29, 0.717) is 0 Å². The minimum absolute atomic E-state index is 0.0161. The van der Waals surface area contributed by atoms with Crippen molar-refractivity contribution in [2.45, 2.75) is 26.3 Å². The van der Waals surface area contributed by atoms with Gasteiger partial charge in [-0.2, -0.15) is 0 Å². The van der Waals surface area contributed by atoms with Gasteiger partial charge in [0.15, 0.2) is 0 Å². The van der Waals surface area contributed by atoms with Crippen LogP contribution in [0, 0.1) is 0 Å². The largest absolute Gasteiger partial charge is 0.481 e. The summed E-state index contributed by atoms with van der Waals surface area (Å²) in [5.41, 5.74) is 0. The van der Waals surface area contributed by atoms with Crippen LogP contribution in [0.1, 0.15) is 20.3 Å². The third kappa shape index (κ3) is 4.11. The van der Waals surface area contributed by atoms with Crippen LogP contribution in [0.4, 0.5) is 4.79 Å². The summed E-state index contributed by atoms with van der Waals surface area (Å²) in [7, 11) is 3.30. The molecule has 0 bridgehead atoms. The van der Waals surface area contributed by atoms with E-state index in [9.17, 15) is 9.59 Å². The van der Waals surface area contributed by atoms with E-state index in [4.69, 9.17) is 5.11 Å². The first-order valence-corrected chi connectivity index (χ1v) is 4.56. The van der Waals surface area contributed by atoms with Crippen LogP contribution in [0.3, 0.4) is 0 Å². The molecule has 0 aliphatic carbocycles. The number of urea groups is 1. The maximum atomic E-state index is 11.6. The average molecular weight is 202 g/mol. The van der Waals surface area contributed by atoms with Crippen molar-refractivity contribution in [1.29, 1.82) is 0 Å². The van der Waals surface area contributed by atoms with Crippen molar-refractivity contribution >= 4 is 12.0 Å². The van der Waals surface area contributed by atoms with Crippen LogP contribution >= 0.6 is 0 Å². The predicted molar refractivity (Wildman–Crippen MR) is 53.2 cm³/mol. The normalized spacial score (nSPS) is 10.1. The summed E-state index contributed by atoms with van der Waals surface area (Å²) < 4.78 is 0. The Morgan fingerprint density at radius 3 is 2.07 bits per heavy atom. The van der Waals surface area contributed by atoms with Gasteiger partial charge in [-0.3, -0.25) is 4.79 Å². The molecule has 14 heavy (non-hydrogen) atoms. The first-order chi connectivity index (χ1) is 6.36. The number of carbonyl (C=O) groups excluding carboxylic acids is 1. The first kappa shape index (κ1) is 12.7. The third-order valence-corrected chi connectivity index (χ3v) is 1.82. The lowest BCUT2D eigenvalue weighted by Crippen LogP contribution is -2.44. The number of hydrogen-bond donors (Lipinski definition) is 1. The summed E-state index contributed by atoms with van der Waals surface area (Å²) in [5, 5.41) is 8.51. The summed E-state index contributed by atoms with van der Waals surface area (Å²) in [4.78, 5) is 24.9. The summed E-state index contributed by atoms with van der Waals surface area (Å²) in [6, 6.07) is -0.134. The summed E-state index contributed by atoms with van der Waals surface area (Å²) in [5.74, 6) is -0.887. The molecule has 1 N–H and O–H groups in total. The van der Waals surface area contributed by atoms with Crippen LogP contribution in [0.5, 0.6) is 0 Å². The van der Waals surface area contributed by atoms with Crippen molar-refractivity contribution in [2.24, 2.45) is 0 Å². The first-order valence-electron chi connectivity index (χ1n) is 4.56. The molecule has 0 spiro atoms. The highest BCUT2D eigenvalue weighted by atomic mass is 16.4. The van der Waals surface area contributed by atoms with Crippen molar-refractivity contribution < 1.29 is 14.7 Å². The number of hydrogen-bond acceptors (Lipinski definition) is 2. The fourth-order valence-electron chi connectivity index (χ4n) is 1.05. The number of carbonyl (C=O) groups is 2. The van der Waals surface area contributed by atoms with Gasteiger partial charge in [-0.05, 0) is 13.8 Å². The zero-order valence-electron chi connectivity index (χ0n) is 9.15. The molecule has 0 aromatic rings. The second-order valence-electron chi connectivity index (χ2n) is 3.61. The Morgan fingerprint density at radius 1 is 1.29 bits per heavy atom. The maximum Gasteiger partial charge on any atom is 0.319 e. The van der Waals surface area contributed by atoms with Crippen LogP contribution in [0.25, 0.3) is 0 Å². The van der Waals surface area contributed by atoms with E-state index in [1.54, 1.807) is 14.1 Å².